The highest BCUT2D eigenvalue weighted by atomic mass is 31.2. The second-order valence-electron chi connectivity index (χ2n) is 3.25. The molecule has 1 fully saturated rings. The number of rotatable bonds is 4. The van der Waals surface area contributed by atoms with Crippen molar-refractivity contribution >= 4 is 7.82 Å². The first-order valence-electron chi connectivity index (χ1n) is 4.27. The van der Waals surface area contributed by atoms with Crippen molar-refractivity contribution in [3.8, 4) is 0 Å². The Hall–Kier alpha value is -0.0900. The van der Waals surface area contributed by atoms with Gasteiger partial charge in [-0.15, -0.1) is 0 Å². The topological polar surface area (TPSA) is 163 Å². The summed E-state index contributed by atoms with van der Waals surface area (Å²) in [7, 11) is -5.38. The van der Waals surface area contributed by atoms with Gasteiger partial charge in [0.15, 0.2) is 6.29 Å². The number of hydrogen-bond acceptors (Lipinski definition) is 9. The Bertz CT molecular complexity index is 277. The third-order valence-corrected chi connectivity index (χ3v) is 2.52. The van der Waals surface area contributed by atoms with Crippen molar-refractivity contribution < 1.29 is 44.0 Å². The van der Waals surface area contributed by atoms with Crippen LogP contribution in [0.5, 0.6) is 0 Å². The van der Waals surface area contributed by atoms with Crippen molar-refractivity contribution in [1.29, 1.82) is 0 Å². The Labute approximate surface area is 90.1 Å². The molecule has 1 saturated heterocycles. The molecule has 0 amide bonds. The first-order valence-corrected chi connectivity index (χ1v) is 5.73. The van der Waals surface area contributed by atoms with E-state index in [2.05, 4.69) is 9.26 Å². The molecule has 10 heteroatoms. The molecule has 0 aromatic heterocycles. The Morgan fingerprint density at radius 1 is 1.38 bits per heavy atom. The second kappa shape index (κ2) is 5.05. The molecule has 0 aliphatic carbocycles. The van der Waals surface area contributed by atoms with Crippen LogP contribution in [0.1, 0.15) is 0 Å². The first-order chi connectivity index (χ1) is 7.26. The van der Waals surface area contributed by atoms with Crippen LogP contribution in [0.4, 0.5) is 0 Å². The fourth-order valence-corrected chi connectivity index (χ4v) is 1.74. The summed E-state index contributed by atoms with van der Waals surface area (Å²) < 4.78 is 18.7. The fourth-order valence-electron chi connectivity index (χ4n) is 1.31. The molecule has 0 spiro atoms. The van der Waals surface area contributed by atoms with Crippen molar-refractivity contribution in [3.05, 3.63) is 0 Å². The Morgan fingerprint density at radius 3 is 2.38 bits per heavy atom. The monoisotopic (exact) mass is 258 g/mol. The molecule has 0 saturated carbocycles. The zero-order chi connectivity index (χ0) is 12.5. The standard InChI is InChI=1S/C6H13O9P/c7-1-2(8)5-3(9)4(10)6(14-5)15-16(11,12)13/h2-10H,1H2,(H2,11,12,13)/p-2/t2-,3-,4-,5+,6-/m1/s1. The smallest absolute Gasteiger partial charge is 0.191 e. The maximum absolute atomic E-state index is 10.3. The summed E-state index contributed by atoms with van der Waals surface area (Å²) in [5.74, 6) is 0. The van der Waals surface area contributed by atoms with Gasteiger partial charge in [0, 0.05) is 0 Å². The average Bonchev–Trinajstić information content (AvgIpc) is 2.43. The van der Waals surface area contributed by atoms with E-state index in [1.165, 1.54) is 0 Å². The Balaban J connectivity index is 2.68. The van der Waals surface area contributed by atoms with Crippen LogP contribution < -0.4 is 9.79 Å². The molecule has 9 nitrogen and oxygen atoms in total. The molecule has 1 rings (SSSR count). The number of aliphatic hydroxyl groups is 4. The summed E-state index contributed by atoms with van der Waals surface area (Å²) in [5.41, 5.74) is 0. The molecule has 1 aliphatic rings. The maximum Gasteiger partial charge on any atom is 0.191 e. The zero-order valence-corrected chi connectivity index (χ0v) is 8.77. The van der Waals surface area contributed by atoms with E-state index in [4.69, 9.17) is 10.2 Å². The van der Waals surface area contributed by atoms with Crippen molar-refractivity contribution in [2.24, 2.45) is 0 Å². The minimum Gasteiger partial charge on any atom is -0.790 e. The summed E-state index contributed by atoms with van der Waals surface area (Å²) in [4.78, 5) is 20.5. The molecule has 0 unspecified atom stereocenters. The lowest BCUT2D eigenvalue weighted by Gasteiger charge is -2.32. The first kappa shape index (κ1) is 14.0. The Kier molecular flexibility index (Phi) is 4.41. The van der Waals surface area contributed by atoms with Crippen molar-refractivity contribution in [3.63, 3.8) is 0 Å². The fraction of sp³-hybridized carbons (Fsp3) is 1.00. The predicted octanol–water partition coefficient (Wildman–Crippen LogP) is -4.37. The van der Waals surface area contributed by atoms with Gasteiger partial charge in [0.2, 0.25) is 0 Å². The lowest BCUT2D eigenvalue weighted by molar-refractivity contribution is -0.354. The van der Waals surface area contributed by atoms with E-state index in [1.807, 2.05) is 0 Å². The molecule has 0 bridgehead atoms. The van der Waals surface area contributed by atoms with Crippen LogP contribution in [0.15, 0.2) is 0 Å². The van der Waals surface area contributed by atoms with Crippen molar-refractivity contribution in [1.82, 2.24) is 0 Å². The quantitative estimate of drug-likeness (QED) is 0.365. The van der Waals surface area contributed by atoms with E-state index in [9.17, 15) is 24.6 Å². The highest BCUT2D eigenvalue weighted by molar-refractivity contribution is 7.43. The molecule has 0 radical (unpaired) electrons. The molecular weight excluding hydrogens is 247 g/mol. The van der Waals surface area contributed by atoms with E-state index >= 15 is 0 Å². The van der Waals surface area contributed by atoms with Gasteiger partial charge >= 0.3 is 0 Å². The van der Waals surface area contributed by atoms with Gasteiger partial charge in [-0.25, -0.2) is 0 Å². The van der Waals surface area contributed by atoms with E-state index < -0.39 is 45.1 Å². The molecular formula is C6H11O9P-2. The molecule has 4 N–H and O–H groups in total. The minimum absolute atomic E-state index is 0.770. The van der Waals surface area contributed by atoms with Gasteiger partial charge in [-0.2, -0.15) is 0 Å². The molecule has 0 aromatic rings. The molecule has 96 valence electrons. The van der Waals surface area contributed by atoms with Gasteiger partial charge in [0.1, 0.15) is 24.4 Å². The molecule has 1 aliphatic heterocycles. The van der Waals surface area contributed by atoms with Crippen LogP contribution in [-0.4, -0.2) is 57.7 Å². The van der Waals surface area contributed by atoms with Gasteiger partial charge in [-0.3, -0.25) is 0 Å². The van der Waals surface area contributed by atoms with Gasteiger partial charge in [0.25, 0.3) is 0 Å². The number of aliphatic hydroxyl groups excluding tert-OH is 4. The van der Waals surface area contributed by atoms with Gasteiger partial charge < -0.3 is 44.0 Å². The Morgan fingerprint density at radius 2 is 1.94 bits per heavy atom. The van der Waals surface area contributed by atoms with Crippen LogP contribution in [0, 0.1) is 0 Å². The second-order valence-corrected chi connectivity index (χ2v) is 4.36. The van der Waals surface area contributed by atoms with E-state index in [0.717, 1.165) is 0 Å². The number of phosphoric acid groups is 1. The third-order valence-electron chi connectivity index (χ3n) is 2.06. The van der Waals surface area contributed by atoms with Crippen LogP contribution in [0.3, 0.4) is 0 Å². The van der Waals surface area contributed by atoms with E-state index in [-0.39, 0.29) is 0 Å². The normalized spacial score (nSPS) is 37.6. The average molecular weight is 258 g/mol. The van der Waals surface area contributed by atoms with Crippen LogP contribution in [-0.2, 0) is 13.8 Å². The molecule has 1 heterocycles. The lowest BCUT2D eigenvalue weighted by atomic mass is 10.1. The SMILES string of the molecule is O=P([O-])([O-])O[C@H]1O[C@@H]([C@H](O)CO)[C@H](O)[C@H]1O. The zero-order valence-electron chi connectivity index (χ0n) is 7.87. The van der Waals surface area contributed by atoms with Gasteiger partial charge in [-0.05, 0) is 0 Å². The highest BCUT2D eigenvalue weighted by Crippen LogP contribution is 2.34. The van der Waals surface area contributed by atoms with Crippen LogP contribution >= 0.6 is 7.82 Å². The summed E-state index contributed by atoms with van der Waals surface area (Å²) in [5, 5.41) is 36.3. The van der Waals surface area contributed by atoms with Gasteiger partial charge in [-0.1, -0.05) is 0 Å². The largest absolute Gasteiger partial charge is 0.790 e. The summed E-state index contributed by atoms with van der Waals surface area (Å²) in [6.45, 7) is -0.770. The predicted molar refractivity (Wildman–Crippen MR) is 42.5 cm³/mol. The maximum atomic E-state index is 10.3. The number of hydrogen-bond donors (Lipinski definition) is 4. The van der Waals surface area contributed by atoms with Gasteiger partial charge in [0.05, 0.1) is 14.4 Å². The summed E-state index contributed by atoms with van der Waals surface area (Å²) in [6, 6.07) is 0. The molecule has 5 atom stereocenters. The minimum atomic E-state index is -5.38. The van der Waals surface area contributed by atoms with Crippen LogP contribution in [0.25, 0.3) is 0 Å². The molecule has 0 aromatic carbocycles. The number of ether oxygens (including phenoxy) is 1. The third kappa shape index (κ3) is 3.20. The van der Waals surface area contributed by atoms with Crippen molar-refractivity contribution in [2.45, 2.75) is 30.7 Å². The summed E-state index contributed by atoms with van der Waals surface area (Å²) in [6.07, 6.45) is -8.32. The molecule has 16 heavy (non-hydrogen) atoms. The van der Waals surface area contributed by atoms with Crippen molar-refractivity contribution in [2.75, 3.05) is 6.61 Å². The highest BCUT2D eigenvalue weighted by Gasteiger charge is 2.46. The summed E-state index contributed by atoms with van der Waals surface area (Å²) >= 11 is 0. The lowest BCUT2D eigenvalue weighted by Crippen LogP contribution is -2.40. The van der Waals surface area contributed by atoms with E-state index in [1.54, 1.807) is 0 Å². The number of phosphoric ester groups is 1. The van der Waals surface area contributed by atoms with E-state index in [0.29, 0.717) is 0 Å². The van der Waals surface area contributed by atoms with Crippen LogP contribution in [0.2, 0.25) is 0 Å².